The predicted molar refractivity (Wildman–Crippen MR) is 135 cm³/mol. The monoisotopic (exact) mass is 543 g/mol. The second-order valence-electron chi connectivity index (χ2n) is 8.03. The van der Waals surface area contributed by atoms with E-state index in [1.807, 2.05) is 31.5 Å². The van der Waals surface area contributed by atoms with Gasteiger partial charge in [0.05, 0.1) is 0 Å². The molecule has 0 amide bonds. The van der Waals surface area contributed by atoms with Crippen LogP contribution < -0.4 is 15.5 Å². The van der Waals surface area contributed by atoms with Gasteiger partial charge in [0.1, 0.15) is 18.2 Å². The fourth-order valence-electron chi connectivity index (χ4n) is 3.76. The summed E-state index contributed by atoms with van der Waals surface area (Å²) in [5.41, 5.74) is 2.08. The highest BCUT2D eigenvalue weighted by molar-refractivity contribution is 14.0. The van der Waals surface area contributed by atoms with E-state index in [2.05, 4.69) is 32.7 Å². The van der Waals surface area contributed by atoms with Crippen molar-refractivity contribution in [2.75, 3.05) is 24.5 Å². The lowest BCUT2D eigenvalue weighted by molar-refractivity contribution is 0.466. The Morgan fingerprint density at radius 1 is 1.29 bits per heavy atom. The Morgan fingerprint density at radius 3 is 2.77 bits per heavy atom. The Labute approximate surface area is 201 Å². The van der Waals surface area contributed by atoms with Gasteiger partial charge in [0.2, 0.25) is 0 Å². The molecule has 172 valence electrons. The van der Waals surface area contributed by atoms with E-state index in [9.17, 15) is 4.39 Å². The van der Waals surface area contributed by atoms with Crippen molar-refractivity contribution in [1.82, 2.24) is 25.4 Å². The molecule has 2 heterocycles. The zero-order valence-corrected chi connectivity index (χ0v) is 21.3. The Kier molecular flexibility index (Phi) is 9.98. The molecule has 1 aromatic carbocycles. The number of hydrogen-bond donors (Lipinski definition) is 2. The van der Waals surface area contributed by atoms with Crippen LogP contribution in [-0.4, -0.2) is 46.4 Å². The first-order valence-electron chi connectivity index (χ1n) is 10.9. The molecule has 0 spiro atoms. The Hall–Kier alpha value is -1.91. The van der Waals surface area contributed by atoms with Crippen LogP contribution in [0.2, 0.25) is 0 Å². The van der Waals surface area contributed by atoms with Crippen LogP contribution in [0.15, 0.2) is 23.2 Å². The fourth-order valence-corrected chi connectivity index (χ4v) is 3.76. The molecule has 2 N–H and O–H groups in total. The summed E-state index contributed by atoms with van der Waals surface area (Å²) in [6, 6.07) is 5.31. The van der Waals surface area contributed by atoms with Crippen LogP contribution in [0.25, 0.3) is 0 Å². The van der Waals surface area contributed by atoms with Crippen LogP contribution in [0, 0.1) is 19.7 Å². The van der Waals surface area contributed by atoms with Gasteiger partial charge in [-0.1, -0.05) is 13.3 Å². The molecule has 7 nitrogen and oxygen atoms in total. The van der Waals surface area contributed by atoms with Gasteiger partial charge in [-0.25, -0.2) is 9.38 Å². The van der Waals surface area contributed by atoms with Gasteiger partial charge >= 0.3 is 0 Å². The summed E-state index contributed by atoms with van der Waals surface area (Å²) in [5.74, 6) is 2.35. The van der Waals surface area contributed by atoms with Crippen LogP contribution in [0.3, 0.4) is 0 Å². The number of benzene rings is 1. The fraction of sp³-hybridized carbons (Fsp3) is 0.591. The van der Waals surface area contributed by atoms with E-state index < -0.39 is 0 Å². The van der Waals surface area contributed by atoms with E-state index in [0.717, 1.165) is 74.2 Å². The number of piperidine rings is 1. The molecule has 1 unspecified atom stereocenters. The number of halogens is 2. The summed E-state index contributed by atoms with van der Waals surface area (Å²) < 4.78 is 15.5. The molecule has 1 aliphatic heterocycles. The van der Waals surface area contributed by atoms with Crippen LogP contribution in [0.4, 0.5) is 10.1 Å². The molecule has 1 saturated heterocycles. The van der Waals surface area contributed by atoms with Crippen LogP contribution >= 0.6 is 24.0 Å². The highest BCUT2D eigenvalue weighted by Crippen LogP contribution is 2.24. The first-order chi connectivity index (χ1) is 14.5. The first kappa shape index (κ1) is 25.4. The first-order valence-corrected chi connectivity index (χ1v) is 10.9. The van der Waals surface area contributed by atoms with Crippen molar-refractivity contribution in [3.05, 3.63) is 41.2 Å². The van der Waals surface area contributed by atoms with Gasteiger partial charge in [-0.15, -0.1) is 34.2 Å². The molecule has 0 aliphatic carbocycles. The highest BCUT2D eigenvalue weighted by Gasteiger charge is 2.22. The molecular formula is C22H35FIN7. The Bertz CT molecular complexity index is 868. The number of aryl methyl sites for hydroxylation is 2. The maximum atomic E-state index is 13.5. The number of anilines is 1. The number of aliphatic imine (C=N–C) groups is 1. The van der Waals surface area contributed by atoms with E-state index >= 15 is 0 Å². The van der Waals surface area contributed by atoms with Crippen molar-refractivity contribution in [3.63, 3.8) is 0 Å². The summed E-state index contributed by atoms with van der Waals surface area (Å²) in [6.45, 7) is 9.30. The highest BCUT2D eigenvalue weighted by atomic mass is 127. The number of aromatic nitrogens is 3. The van der Waals surface area contributed by atoms with E-state index in [1.54, 1.807) is 12.1 Å². The number of unbranched alkanes of at least 4 members (excludes halogenated alkanes) is 1. The van der Waals surface area contributed by atoms with E-state index in [1.165, 1.54) is 0 Å². The van der Waals surface area contributed by atoms with Gasteiger partial charge < -0.3 is 20.1 Å². The van der Waals surface area contributed by atoms with Crippen molar-refractivity contribution in [1.29, 1.82) is 0 Å². The summed E-state index contributed by atoms with van der Waals surface area (Å²) in [6.07, 6.45) is 4.38. The smallest absolute Gasteiger partial charge is 0.191 e. The third kappa shape index (κ3) is 7.05. The predicted octanol–water partition coefficient (Wildman–Crippen LogP) is 3.69. The van der Waals surface area contributed by atoms with E-state index in [-0.39, 0.29) is 35.8 Å². The van der Waals surface area contributed by atoms with Crippen LogP contribution in [-0.2, 0) is 13.6 Å². The minimum absolute atomic E-state index is 0. The molecule has 31 heavy (non-hydrogen) atoms. The van der Waals surface area contributed by atoms with Crippen molar-refractivity contribution in [3.8, 4) is 0 Å². The zero-order chi connectivity index (χ0) is 21.5. The number of hydrogen-bond acceptors (Lipinski definition) is 4. The van der Waals surface area contributed by atoms with Gasteiger partial charge in [-0.2, -0.15) is 0 Å². The molecule has 0 bridgehead atoms. The number of guanidine groups is 1. The third-order valence-electron chi connectivity index (χ3n) is 5.65. The summed E-state index contributed by atoms with van der Waals surface area (Å²) in [5, 5.41) is 15.4. The van der Waals surface area contributed by atoms with Gasteiger partial charge in [0.25, 0.3) is 0 Å². The minimum Gasteiger partial charge on any atom is -0.369 e. The van der Waals surface area contributed by atoms with Crippen LogP contribution in [0.1, 0.15) is 49.8 Å². The lowest BCUT2D eigenvalue weighted by Crippen LogP contribution is -2.51. The SMILES string of the molecule is CCCCNC(=NCc1nnc(C)n1C)NC1CCCN(c2ccc(F)cc2C)C1.I. The maximum Gasteiger partial charge on any atom is 0.191 e. The molecule has 0 saturated carbocycles. The standard InChI is InChI=1S/C22H34FN7.HI/c1-5-6-11-24-22(25-14-21-28-27-17(3)29(21)4)26-19-8-7-12-30(15-19)20-10-9-18(23)13-16(20)2;/h9-10,13,19H,5-8,11-12,14-15H2,1-4H3,(H2,24,25,26);1H. The summed E-state index contributed by atoms with van der Waals surface area (Å²) in [7, 11) is 1.96. The normalized spacial score (nSPS) is 16.7. The molecule has 1 atom stereocenters. The average molecular weight is 543 g/mol. The molecule has 3 rings (SSSR count). The van der Waals surface area contributed by atoms with Gasteiger partial charge in [0.15, 0.2) is 11.8 Å². The third-order valence-corrected chi connectivity index (χ3v) is 5.65. The Balaban J connectivity index is 0.00000341. The quantitative estimate of drug-likeness (QED) is 0.241. The van der Waals surface area contributed by atoms with Crippen molar-refractivity contribution in [2.45, 2.75) is 59.0 Å². The molecule has 1 aromatic heterocycles. The van der Waals surface area contributed by atoms with Crippen molar-refractivity contribution in [2.24, 2.45) is 12.0 Å². The summed E-state index contributed by atoms with van der Waals surface area (Å²) in [4.78, 5) is 7.10. The lowest BCUT2D eigenvalue weighted by atomic mass is 10.0. The minimum atomic E-state index is -0.184. The summed E-state index contributed by atoms with van der Waals surface area (Å²) >= 11 is 0. The molecule has 1 aliphatic rings. The molecule has 2 aromatic rings. The molecule has 9 heteroatoms. The lowest BCUT2D eigenvalue weighted by Gasteiger charge is -2.36. The van der Waals surface area contributed by atoms with Gasteiger partial charge in [-0.3, -0.25) is 0 Å². The molecular weight excluding hydrogens is 508 g/mol. The van der Waals surface area contributed by atoms with Crippen molar-refractivity contribution < 1.29 is 4.39 Å². The Morgan fingerprint density at radius 2 is 2.10 bits per heavy atom. The average Bonchev–Trinajstić information content (AvgIpc) is 3.04. The number of nitrogens with one attached hydrogen (secondary N) is 2. The number of nitrogens with zero attached hydrogens (tertiary/aromatic N) is 5. The van der Waals surface area contributed by atoms with Gasteiger partial charge in [0, 0.05) is 38.4 Å². The largest absolute Gasteiger partial charge is 0.369 e. The second kappa shape index (κ2) is 12.2. The molecule has 0 radical (unpaired) electrons. The zero-order valence-electron chi connectivity index (χ0n) is 19.0. The van der Waals surface area contributed by atoms with E-state index in [4.69, 9.17) is 4.99 Å². The van der Waals surface area contributed by atoms with Crippen molar-refractivity contribution >= 4 is 35.6 Å². The molecule has 1 fully saturated rings. The van der Waals surface area contributed by atoms with Gasteiger partial charge in [-0.05, 0) is 56.9 Å². The second-order valence-corrected chi connectivity index (χ2v) is 8.03. The van der Waals surface area contributed by atoms with Crippen LogP contribution in [0.5, 0.6) is 0 Å². The van der Waals surface area contributed by atoms with E-state index in [0.29, 0.717) is 6.54 Å². The number of rotatable bonds is 7. The topological polar surface area (TPSA) is 70.4 Å². The maximum absolute atomic E-state index is 13.5.